The molecule has 0 bridgehead atoms. The maximum Gasteiger partial charge on any atom is 0.220 e. The molecule has 1 aliphatic heterocycles. The summed E-state index contributed by atoms with van der Waals surface area (Å²) in [5.74, 6) is 0.729. The zero-order chi connectivity index (χ0) is 14.9. The Bertz CT molecular complexity index is 422. The number of carbonyl (C=O) groups excluding carboxylic acids is 1. The zero-order valence-corrected chi connectivity index (χ0v) is 13.8. The fourth-order valence-corrected chi connectivity index (χ4v) is 2.78. The van der Waals surface area contributed by atoms with Gasteiger partial charge in [0.25, 0.3) is 0 Å². The summed E-state index contributed by atoms with van der Waals surface area (Å²) >= 11 is 0. The van der Waals surface area contributed by atoms with Crippen molar-refractivity contribution in [1.82, 2.24) is 10.6 Å². The Morgan fingerprint density at radius 2 is 1.95 bits per heavy atom. The number of piperidine rings is 1. The van der Waals surface area contributed by atoms with Crippen LogP contribution in [0.25, 0.3) is 0 Å². The molecule has 1 atom stereocenters. The van der Waals surface area contributed by atoms with Gasteiger partial charge in [0.1, 0.15) is 0 Å². The summed E-state index contributed by atoms with van der Waals surface area (Å²) in [5, 5.41) is 16.1. The molecule has 4 nitrogen and oxygen atoms in total. The molecule has 1 aromatic rings. The van der Waals surface area contributed by atoms with Gasteiger partial charge in [0, 0.05) is 19.4 Å². The van der Waals surface area contributed by atoms with Crippen LogP contribution in [0.2, 0.25) is 0 Å². The molecule has 5 heteroatoms. The van der Waals surface area contributed by atoms with Gasteiger partial charge in [-0.05, 0) is 43.8 Å². The van der Waals surface area contributed by atoms with E-state index >= 15 is 0 Å². The Balaban J connectivity index is 0.00000242. The van der Waals surface area contributed by atoms with Crippen LogP contribution in [0.5, 0.6) is 0 Å². The minimum absolute atomic E-state index is 0. The van der Waals surface area contributed by atoms with E-state index in [0.29, 0.717) is 25.3 Å². The van der Waals surface area contributed by atoms with Crippen LogP contribution in [0.1, 0.15) is 31.2 Å². The molecule has 124 valence electrons. The van der Waals surface area contributed by atoms with Crippen LogP contribution in [-0.4, -0.2) is 36.8 Å². The first kappa shape index (κ1) is 18.9. The second kappa shape index (κ2) is 10.6. The predicted octanol–water partition coefficient (Wildman–Crippen LogP) is 1.91. The number of rotatable bonds is 7. The van der Waals surface area contributed by atoms with E-state index in [0.717, 1.165) is 25.1 Å². The van der Waals surface area contributed by atoms with Crippen molar-refractivity contribution in [2.24, 2.45) is 5.92 Å². The molecule has 1 fully saturated rings. The molecule has 0 spiro atoms. The van der Waals surface area contributed by atoms with E-state index in [2.05, 4.69) is 10.6 Å². The van der Waals surface area contributed by atoms with Crippen molar-refractivity contribution in [3.63, 3.8) is 0 Å². The molecule has 0 saturated carbocycles. The van der Waals surface area contributed by atoms with Crippen LogP contribution in [0.4, 0.5) is 0 Å². The maximum atomic E-state index is 11.8. The summed E-state index contributed by atoms with van der Waals surface area (Å²) in [6, 6.07) is 9.85. The fraction of sp³-hybridized carbons (Fsp3) is 0.588. The number of benzene rings is 1. The second-order valence-electron chi connectivity index (χ2n) is 5.88. The number of halogens is 1. The Morgan fingerprint density at radius 1 is 1.27 bits per heavy atom. The molecular formula is C17H27ClN2O2. The zero-order valence-electron chi connectivity index (χ0n) is 13.0. The highest BCUT2D eigenvalue weighted by molar-refractivity contribution is 5.85. The lowest BCUT2D eigenvalue weighted by molar-refractivity contribution is -0.121. The number of hydrogen-bond acceptors (Lipinski definition) is 3. The molecule has 1 heterocycles. The summed E-state index contributed by atoms with van der Waals surface area (Å²) in [6.45, 7) is 2.48. The molecule has 1 saturated heterocycles. The largest absolute Gasteiger partial charge is 0.391 e. The molecule has 1 unspecified atom stereocenters. The lowest BCUT2D eigenvalue weighted by Crippen LogP contribution is -2.34. The molecule has 2 rings (SSSR count). The summed E-state index contributed by atoms with van der Waals surface area (Å²) < 4.78 is 0. The quantitative estimate of drug-likeness (QED) is 0.717. The van der Waals surface area contributed by atoms with Gasteiger partial charge >= 0.3 is 0 Å². The monoisotopic (exact) mass is 326 g/mol. The van der Waals surface area contributed by atoms with Crippen LogP contribution >= 0.6 is 12.4 Å². The highest BCUT2D eigenvalue weighted by Crippen LogP contribution is 2.17. The Hall–Kier alpha value is -1.10. The van der Waals surface area contributed by atoms with E-state index in [-0.39, 0.29) is 18.3 Å². The van der Waals surface area contributed by atoms with Crippen LogP contribution in [0.15, 0.2) is 30.3 Å². The molecule has 22 heavy (non-hydrogen) atoms. The van der Waals surface area contributed by atoms with Crippen LogP contribution in [0.3, 0.4) is 0 Å². The van der Waals surface area contributed by atoms with Crippen molar-refractivity contribution in [2.75, 3.05) is 19.6 Å². The van der Waals surface area contributed by atoms with E-state index in [9.17, 15) is 9.90 Å². The minimum atomic E-state index is -0.518. The van der Waals surface area contributed by atoms with Gasteiger partial charge in [-0.1, -0.05) is 30.3 Å². The van der Waals surface area contributed by atoms with Crippen molar-refractivity contribution in [3.05, 3.63) is 35.9 Å². The summed E-state index contributed by atoms with van der Waals surface area (Å²) in [5.41, 5.74) is 1.09. The number of aliphatic hydroxyl groups is 1. The number of hydrogen-bond donors (Lipinski definition) is 3. The molecule has 1 aromatic carbocycles. The lowest BCUT2D eigenvalue weighted by Gasteiger charge is -2.22. The standard InChI is InChI=1S/C17H26N2O2.ClH/c20-16(12-15-4-2-1-3-5-15)13-19-17(21)7-6-14-8-10-18-11-9-14;/h1-5,14,16,18,20H,6-13H2,(H,19,21);1H. The van der Waals surface area contributed by atoms with Gasteiger partial charge in [-0.25, -0.2) is 0 Å². The molecular weight excluding hydrogens is 300 g/mol. The molecule has 3 N–H and O–H groups in total. The first-order valence-electron chi connectivity index (χ1n) is 7.93. The minimum Gasteiger partial charge on any atom is -0.391 e. The van der Waals surface area contributed by atoms with Gasteiger partial charge in [0.2, 0.25) is 5.91 Å². The van der Waals surface area contributed by atoms with E-state index < -0.39 is 6.10 Å². The van der Waals surface area contributed by atoms with Crippen molar-refractivity contribution in [3.8, 4) is 0 Å². The molecule has 0 aromatic heterocycles. The SMILES string of the molecule is Cl.O=C(CCC1CCNCC1)NCC(O)Cc1ccccc1. The first-order valence-corrected chi connectivity index (χ1v) is 7.93. The average Bonchev–Trinajstić information content (AvgIpc) is 2.53. The molecule has 0 aliphatic carbocycles. The van der Waals surface area contributed by atoms with Crippen molar-refractivity contribution < 1.29 is 9.90 Å². The van der Waals surface area contributed by atoms with Crippen LogP contribution in [-0.2, 0) is 11.2 Å². The summed E-state index contributed by atoms with van der Waals surface area (Å²) in [4.78, 5) is 11.8. The Kier molecular flexibility index (Phi) is 9.13. The van der Waals surface area contributed by atoms with Crippen LogP contribution in [0, 0.1) is 5.92 Å². The third-order valence-electron chi connectivity index (χ3n) is 4.09. The predicted molar refractivity (Wildman–Crippen MR) is 91.2 cm³/mol. The number of aliphatic hydroxyl groups excluding tert-OH is 1. The molecule has 1 amide bonds. The van der Waals surface area contributed by atoms with E-state index in [1.165, 1.54) is 12.8 Å². The third-order valence-corrected chi connectivity index (χ3v) is 4.09. The number of nitrogens with one attached hydrogen (secondary N) is 2. The van der Waals surface area contributed by atoms with Gasteiger partial charge < -0.3 is 15.7 Å². The van der Waals surface area contributed by atoms with Crippen LogP contribution < -0.4 is 10.6 Å². The van der Waals surface area contributed by atoms with Crippen molar-refractivity contribution in [1.29, 1.82) is 0 Å². The number of carbonyl (C=O) groups is 1. The fourth-order valence-electron chi connectivity index (χ4n) is 2.78. The summed E-state index contributed by atoms with van der Waals surface area (Å²) in [6.07, 6.45) is 3.93. The van der Waals surface area contributed by atoms with Gasteiger partial charge in [-0.3, -0.25) is 4.79 Å². The van der Waals surface area contributed by atoms with Crippen molar-refractivity contribution in [2.45, 2.75) is 38.2 Å². The molecule has 0 radical (unpaired) electrons. The topological polar surface area (TPSA) is 61.4 Å². The summed E-state index contributed by atoms with van der Waals surface area (Å²) in [7, 11) is 0. The lowest BCUT2D eigenvalue weighted by atomic mass is 9.93. The van der Waals surface area contributed by atoms with E-state index in [4.69, 9.17) is 0 Å². The highest BCUT2D eigenvalue weighted by atomic mass is 35.5. The molecule has 1 aliphatic rings. The Morgan fingerprint density at radius 3 is 2.64 bits per heavy atom. The maximum absolute atomic E-state index is 11.8. The first-order chi connectivity index (χ1) is 10.2. The normalized spacial score (nSPS) is 16.6. The number of amides is 1. The van der Waals surface area contributed by atoms with Crippen molar-refractivity contribution >= 4 is 18.3 Å². The van der Waals surface area contributed by atoms with E-state index in [1.54, 1.807) is 0 Å². The smallest absolute Gasteiger partial charge is 0.220 e. The average molecular weight is 327 g/mol. The van der Waals surface area contributed by atoms with Gasteiger partial charge in [0.15, 0.2) is 0 Å². The van der Waals surface area contributed by atoms with Gasteiger partial charge in [0.05, 0.1) is 6.10 Å². The highest BCUT2D eigenvalue weighted by Gasteiger charge is 2.15. The van der Waals surface area contributed by atoms with Gasteiger partial charge in [-0.2, -0.15) is 0 Å². The van der Waals surface area contributed by atoms with Gasteiger partial charge in [-0.15, -0.1) is 12.4 Å². The Labute approximate surface area is 139 Å². The third kappa shape index (κ3) is 7.25. The second-order valence-corrected chi connectivity index (χ2v) is 5.88. The van der Waals surface area contributed by atoms with E-state index in [1.807, 2.05) is 30.3 Å².